The van der Waals surface area contributed by atoms with E-state index in [4.69, 9.17) is 0 Å². The molecule has 1 heterocycles. The van der Waals surface area contributed by atoms with Gasteiger partial charge in [0.05, 0.1) is 0 Å². The topological polar surface area (TPSA) is 3.24 Å². The van der Waals surface area contributed by atoms with Gasteiger partial charge in [0.25, 0.3) is 0 Å². The second kappa shape index (κ2) is 5.89. The number of unbranched alkanes of at least 4 members (excludes halogenated alkanes) is 1. The van der Waals surface area contributed by atoms with E-state index in [1.54, 1.807) is 0 Å². The molecule has 0 aromatic heterocycles. The largest absolute Gasteiger partial charge is 0.303 e. The zero-order chi connectivity index (χ0) is 11.3. The Kier molecular flexibility index (Phi) is 5.11. The Morgan fingerprint density at radius 1 is 1.13 bits per heavy atom. The summed E-state index contributed by atoms with van der Waals surface area (Å²) in [6, 6.07) is 0. The van der Waals surface area contributed by atoms with E-state index in [1.807, 2.05) is 0 Å². The molecule has 0 amide bonds. The van der Waals surface area contributed by atoms with E-state index in [-0.39, 0.29) is 0 Å². The molecular weight excluding hydrogens is 182 g/mol. The second-order valence-corrected chi connectivity index (χ2v) is 6.40. The predicted octanol–water partition coefficient (Wildman–Crippen LogP) is 3.93. The van der Waals surface area contributed by atoms with Gasteiger partial charge in [0.2, 0.25) is 0 Å². The lowest BCUT2D eigenvalue weighted by atomic mass is 9.80. The van der Waals surface area contributed by atoms with Gasteiger partial charge in [-0.3, -0.25) is 0 Å². The molecule has 0 unspecified atom stereocenters. The molecule has 1 rings (SSSR count). The quantitative estimate of drug-likeness (QED) is 0.681. The van der Waals surface area contributed by atoms with Crippen LogP contribution in [0.5, 0.6) is 0 Å². The van der Waals surface area contributed by atoms with Crippen LogP contribution in [0.1, 0.15) is 59.8 Å². The number of hydrogen-bond donors (Lipinski definition) is 0. The Morgan fingerprint density at radius 3 is 2.20 bits per heavy atom. The van der Waals surface area contributed by atoms with Crippen molar-refractivity contribution in [1.29, 1.82) is 0 Å². The third-order valence-corrected chi connectivity index (χ3v) is 3.44. The standard InChI is InChI=1S/C14H29N/c1-5-6-9-15-10-7-13(8-11-15)12-14(2,3)4/h13H,5-12H2,1-4H3. The SMILES string of the molecule is CCCCN1CCC(CC(C)(C)C)CC1. The number of likely N-dealkylation sites (tertiary alicyclic amines) is 1. The maximum atomic E-state index is 2.66. The molecule has 90 valence electrons. The molecule has 0 bridgehead atoms. The average Bonchev–Trinajstić information content (AvgIpc) is 2.14. The lowest BCUT2D eigenvalue weighted by Gasteiger charge is -2.34. The summed E-state index contributed by atoms with van der Waals surface area (Å²) in [7, 11) is 0. The van der Waals surface area contributed by atoms with Crippen LogP contribution in [-0.2, 0) is 0 Å². The zero-order valence-corrected chi connectivity index (χ0v) is 11.2. The van der Waals surface area contributed by atoms with Crippen LogP contribution in [0.25, 0.3) is 0 Å². The van der Waals surface area contributed by atoms with Crippen LogP contribution in [0.2, 0.25) is 0 Å². The molecule has 0 radical (unpaired) electrons. The molecule has 1 aliphatic heterocycles. The first-order valence-electron chi connectivity index (χ1n) is 6.73. The first-order chi connectivity index (χ1) is 7.01. The van der Waals surface area contributed by atoms with Crippen molar-refractivity contribution in [2.24, 2.45) is 11.3 Å². The van der Waals surface area contributed by atoms with Crippen molar-refractivity contribution >= 4 is 0 Å². The Morgan fingerprint density at radius 2 is 1.73 bits per heavy atom. The molecule has 1 aliphatic rings. The zero-order valence-electron chi connectivity index (χ0n) is 11.2. The van der Waals surface area contributed by atoms with Crippen LogP contribution in [0.15, 0.2) is 0 Å². The second-order valence-electron chi connectivity index (χ2n) is 6.40. The fraction of sp³-hybridized carbons (Fsp3) is 1.00. The summed E-state index contributed by atoms with van der Waals surface area (Å²) in [5, 5.41) is 0. The summed E-state index contributed by atoms with van der Waals surface area (Å²) < 4.78 is 0. The molecule has 0 aromatic rings. The van der Waals surface area contributed by atoms with Gasteiger partial charge in [0.15, 0.2) is 0 Å². The van der Waals surface area contributed by atoms with Crippen molar-refractivity contribution in [1.82, 2.24) is 4.90 Å². The van der Waals surface area contributed by atoms with Crippen molar-refractivity contribution in [3.05, 3.63) is 0 Å². The monoisotopic (exact) mass is 211 g/mol. The normalized spacial score (nSPS) is 20.8. The van der Waals surface area contributed by atoms with Crippen molar-refractivity contribution < 1.29 is 0 Å². The summed E-state index contributed by atoms with van der Waals surface area (Å²) in [6.07, 6.45) is 6.99. The Bertz CT molecular complexity index is 161. The summed E-state index contributed by atoms with van der Waals surface area (Å²) in [4.78, 5) is 2.66. The predicted molar refractivity (Wildman–Crippen MR) is 68.1 cm³/mol. The highest BCUT2D eigenvalue weighted by Crippen LogP contribution is 2.30. The minimum atomic E-state index is 0.524. The van der Waals surface area contributed by atoms with Gasteiger partial charge in [-0.1, -0.05) is 34.1 Å². The van der Waals surface area contributed by atoms with E-state index in [2.05, 4.69) is 32.6 Å². The van der Waals surface area contributed by atoms with Gasteiger partial charge < -0.3 is 4.90 Å². The van der Waals surface area contributed by atoms with Crippen molar-refractivity contribution in [3.8, 4) is 0 Å². The highest BCUT2D eigenvalue weighted by atomic mass is 15.1. The van der Waals surface area contributed by atoms with E-state index in [1.165, 1.54) is 51.7 Å². The van der Waals surface area contributed by atoms with Gasteiger partial charge in [0, 0.05) is 0 Å². The molecule has 0 spiro atoms. The molecule has 1 saturated heterocycles. The number of rotatable bonds is 4. The molecule has 0 saturated carbocycles. The summed E-state index contributed by atoms with van der Waals surface area (Å²) in [6.45, 7) is 13.4. The van der Waals surface area contributed by atoms with Gasteiger partial charge >= 0.3 is 0 Å². The van der Waals surface area contributed by atoms with Gasteiger partial charge in [-0.2, -0.15) is 0 Å². The van der Waals surface area contributed by atoms with Gasteiger partial charge in [-0.25, -0.2) is 0 Å². The molecule has 1 heteroatoms. The van der Waals surface area contributed by atoms with Crippen LogP contribution in [0, 0.1) is 11.3 Å². The van der Waals surface area contributed by atoms with Gasteiger partial charge in [-0.15, -0.1) is 0 Å². The molecule has 1 nitrogen and oxygen atoms in total. The third kappa shape index (κ3) is 5.55. The Balaban J connectivity index is 2.18. The fourth-order valence-corrected chi connectivity index (χ4v) is 2.66. The van der Waals surface area contributed by atoms with Crippen LogP contribution in [-0.4, -0.2) is 24.5 Å². The average molecular weight is 211 g/mol. The van der Waals surface area contributed by atoms with Crippen molar-refractivity contribution in [2.75, 3.05) is 19.6 Å². The van der Waals surface area contributed by atoms with Gasteiger partial charge in [-0.05, 0) is 56.7 Å². The summed E-state index contributed by atoms with van der Waals surface area (Å²) in [5.74, 6) is 0.989. The molecule has 1 fully saturated rings. The van der Waals surface area contributed by atoms with E-state index in [0.29, 0.717) is 5.41 Å². The highest BCUT2D eigenvalue weighted by molar-refractivity contribution is 4.76. The first kappa shape index (κ1) is 13.0. The lowest BCUT2D eigenvalue weighted by Crippen LogP contribution is -2.35. The first-order valence-corrected chi connectivity index (χ1v) is 6.73. The minimum absolute atomic E-state index is 0.524. The number of hydrogen-bond acceptors (Lipinski definition) is 1. The van der Waals surface area contributed by atoms with Crippen LogP contribution in [0.4, 0.5) is 0 Å². The van der Waals surface area contributed by atoms with Crippen LogP contribution in [0.3, 0.4) is 0 Å². The third-order valence-electron chi connectivity index (χ3n) is 3.44. The summed E-state index contributed by atoms with van der Waals surface area (Å²) in [5.41, 5.74) is 0.524. The molecule has 0 aromatic carbocycles. The maximum Gasteiger partial charge on any atom is -0.00161 e. The van der Waals surface area contributed by atoms with Gasteiger partial charge in [0.1, 0.15) is 0 Å². The number of piperidine rings is 1. The van der Waals surface area contributed by atoms with E-state index in [9.17, 15) is 0 Å². The Labute approximate surface area is 96.2 Å². The van der Waals surface area contributed by atoms with Crippen LogP contribution >= 0.6 is 0 Å². The Hall–Kier alpha value is -0.0400. The van der Waals surface area contributed by atoms with E-state index in [0.717, 1.165) is 5.92 Å². The van der Waals surface area contributed by atoms with Crippen LogP contribution < -0.4 is 0 Å². The molecule has 0 atom stereocenters. The summed E-state index contributed by atoms with van der Waals surface area (Å²) >= 11 is 0. The molecule has 15 heavy (non-hydrogen) atoms. The molecule has 0 N–H and O–H groups in total. The fourth-order valence-electron chi connectivity index (χ4n) is 2.66. The molecular formula is C14H29N. The molecule has 0 aliphatic carbocycles. The van der Waals surface area contributed by atoms with Crippen molar-refractivity contribution in [2.45, 2.75) is 59.8 Å². The van der Waals surface area contributed by atoms with E-state index >= 15 is 0 Å². The highest BCUT2D eigenvalue weighted by Gasteiger charge is 2.23. The van der Waals surface area contributed by atoms with E-state index < -0.39 is 0 Å². The maximum absolute atomic E-state index is 2.66. The van der Waals surface area contributed by atoms with Crippen molar-refractivity contribution in [3.63, 3.8) is 0 Å². The number of nitrogens with zero attached hydrogens (tertiary/aromatic N) is 1. The smallest absolute Gasteiger partial charge is 0.00161 e. The lowest BCUT2D eigenvalue weighted by molar-refractivity contribution is 0.151. The minimum Gasteiger partial charge on any atom is -0.303 e.